The lowest BCUT2D eigenvalue weighted by molar-refractivity contribution is -0.137. The van der Waals surface area contributed by atoms with Crippen LogP contribution in [-0.2, 0) is 24.0 Å². The summed E-state index contributed by atoms with van der Waals surface area (Å²) in [6, 6.07) is 9.16. The zero-order valence-electron chi connectivity index (χ0n) is 22.9. The largest absolute Gasteiger partial charge is 0.315 e. The molecule has 2 fully saturated rings. The van der Waals surface area contributed by atoms with E-state index in [-0.39, 0.29) is 41.8 Å². The van der Waals surface area contributed by atoms with Gasteiger partial charge < -0.3 is 9.69 Å². The maximum absolute atomic E-state index is 13.7. The van der Waals surface area contributed by atoms with Crippen molar-refractivity contribution in [3.8, 4) is 0 Å². The van der Waals surface area contributed by atoms with Gasteiger partial charge in [-0.05, 0) is 43.4 Å². The number of Topliss-reactive ketones (excluding diaryl/α,β-unsaturated/α-hetero) is 1. The average Bonchev–Trinajstić information content (AvgIpc) is 3.20. The van der Waals surface area contributed by atoms with Crippen LogP contribution in [0.25, 0.3) is 0 Å². The molecule has 7 atom stereocenters. The van der Waals surface area contributed by atoms with Crippen molar-refractivity contribution in [3.63, 3.8) is 0 Å². The predicted octanol–water partition coefficient (Wildman–Crippen LogP) is 4.52. The quantitative estimate of drug-likeness (QED) is 0.214. The van der Waals surface area contributed by atoms with Crippen LogP contribution in [0.4, 0.5) is 5.69 Å². The molecule has 0 spiro atoms. The van der Waals surface area contributed by atoms with Crippen LogP contribution in [0.15, 0.2) is 78.6 Å². The van der Waals surface area contributed by atoms with Crippen molar-refractivity contribution in [2.75, 3.05) is 11.9 Å². The number of anilines is 1. The summed E-state index contributed by atoms with van der Waals surface area (Å²) >= 11 is 0. The SMILES string of the molecule is C=C/C=C\C(=C/C)N1C(=O)C2C(C)C=C3CC(C(C=O)C(C)C(=O)N(C)c4ccccc4)C(=O)CC3C2C1=O. The molecule has 1 aromatic rings. The van der Waals surface area contributed by atoms with E-state index in [0.717, 1.165) is 11.9 Å². The molecule has 0 aromatic heterocycles. The minimum atomic E-state index is -0.790. The van der Waals surface area contributed by atoms with Crippen LogP contribution < -0.4 is 4.90 Å². The highest BCUT2D eigenvalue weighted by Gasteiger charge is 2.57. The second-order valence-corrected chi connectivity index (χ2v) is 10.8. The first kappa shape index (κ1) is 28.1. The number of hydrogen-bond donors (Lipinski definition) is 0. The standard InChI is InChI=1S/C32H36N2O5/c1-6-8-12-22(7-2)34-31(38)28-19(3)15-21-16-25(27(36)17-24(21)29(28)32(34)39)26(18-35)20(4)30(37)33(5)23-13-10-9-11-14-23/h6-15,18-20,24-26,28-29H,1,16-17H2,2-5H3/b12-8-,22-7+. The molecule has 0 bridgehead atoms. The van der Waals surface area contributed by atoms with Crippen LogP contribution in [0.1, 0.15) is 33.6 Å². The minimum Gasteiger partial charge on any atom is -0.315 e. The Morgan fingerprint density at radius 2 is 1.77 bits per heavy atom. The first-order valence-electron chi connectivity index (χ1n) is 13.5. The summed E-state index contributed by atoms with van der Waals surface area (Å²) in [7, 11) is 1.66. The van der Waals surface area contributed by atoms with Crippen LogP contribution in [0.5, 0.6) is 0 Å². The summed E-state index contributed by atoms with van der Waals surface area (Å²) < 4.78 is 0. The summed E-state index contributed by atoms with van der Waals surface area (Å²) in [4.78, 5) is 69.0. The highest BCUT2D eigenvalue weighted by atomic mass is 16.2. The van der Waals surface area contributed by atoms with E-state index in [1.54, 1.807) is 45.2 Å². The molecule has 7 nitrogen and oxygen atoms in total. The lowest BCUT2D eigenvalue weighted by atomic mass is 9.60. The number of benzene rings is 1. The number of amides is 3. The van der Waals surface area contributed by atoms with E-state index >= 15 is 0 Å². The summed E-state index contributed by atoms with van der Waals surface area (Å²) in [6.45, 7) is 9.05. The number of aldehydes is 1. The fraction of sp³-hybridized carbons (Fsp3) is 0.406. The molecule has 39 heavy (non-hydrogen) atoms. The van der Waals surface area contributed by atoms with E-state index in [0.29, 0.717) is 17.8 Å². The third-order valence-corrected chi connectivity index (χ3v) is 8.66. The van der Waals surface area contributed by atoms with Crippen molar-refractivity contribution in [2.45, 2.75) is 33.6 Å². The molecule has 7 heteroatoms. The number of allylic oxidation sites excluding steroid dienone is 6. The third kappa shape index (κ3) is 4.98. The Hall–Kier alpha value is -3.87. The molecule has 1 saturated heterocycles. The van der Waals surface area contributed by atoms with E-state index in [1.165, 1.54) is 9.80 Å². The monoisotopic (exact) mass is 528 g/mol. The van der Waals surface area contributed by atoms with Gasteiger partial charge in [0.1, 0.15) is 12.1 Å². The van der Waals surface area contributed by atoms with E-state index in [2.05, 4.69) is 6.58 Å². The number of nitrogens with zero attached hydrogens (tertiary/aromatic N) is 2. The van der Waals surface area contributed by atoms with E-state index in [1.807, 2.05) is 43.3 Å². The molecule has 1 saturated carbocycles. The number of rotatable bonds is 8. The molecule has 3 amide bonds. The predicted molar refractivity (Wildman–Crippen MR) is 149 cm³/mol. The molecule has 204 valence electrons. The smallest absolute Gasteiger partial charge is 0.238 e. The number of carbonyl (C=O) groups is 5. The van der Waals surface area contributed by atoms with E-state index < -0.39 is 29.6 Å². The molecule has 0 N–H and O–H groups in total. The van der Waals surface area contributed by atoms with Crippen molar-refractivity contribution in [2.24, 2.45) is 41.4 Å². The van der Waals surface area contributed by atoms with Crippen molar-refractivity contribution >= 4 is 35.5 Å². The first-order chi connectivity index (χ1) is 18.7. The van der Waals surface area contributed by atoms with Crippen LogP contribution in [0.2, 0.25) is 0 Å². The van der Waals surface area contributed by atoms with Gasteiger partial charge in [0, 0.05) is 42.6 Å². The lowest BCUT2D eigenvalue weighted by Crippen LogP contribution is -2.45. The van der Waals surface area contributed by atoms with Crippen molar-refractivity contribution in [1.29, 1.82) is 0 Å². The number of para-hydroxylation sites is 1. The number of fused-ring (bicyclic) bond motifs is 3. The van der Waals surface area contributed by atoms with Gasteiger partial charge in [0.2, 0.25) is 17.7 Å². The van der Waals surface area contributed by atoms with Crippen molar-refractivity contribution in [1.82, 2.24) is 4.90 Å². The molecule has 1 aliphatic heterocycles. The minimum absolute atomic E-state index is 0.0741. The Morgan fingerprint density at radius 3 is 2.38 bits per heavy atom. The van der Waals surface area contributed by atoms with Gasteiger partial charge in [0.15, 0.2) is 0 Å². The van der Waals surface area contributed by atoms with Crippen LogP contribution in [0.3, 0.4) is 0 Å². The van der Waals surface area contributed by atoms with Crippen LogP contribution in [-0.4, -0.2) is 41.7 Å². The normalized spacial score (nSPS) is 28.5. The molecule has 4 rings (SSSR count). The number of imide groups is 1. The summed E-state index contributed by atoms with van der Waals surface area (Å²) in [5.74, 6) is -4.81. The van der Waals surface area contributed by atoms with Gasteiger partial charge in [-0.25, -0.2) is 0 Å². The van der Waals surface area contributed by atoms with Crippen LogP contribution >= 0.6 is 0 Å². The molecule has 1 aromatic carbocycles. The van der Waals surface area contributed by atoms with Gasteiger partial charge in [-0.15, -0.1) is 0 Å². The van der Waals surface area contributed by atoms with Crippen molar-refractivity contribution < 1.29 is 24.0 Å². The van der Waals surface area contributed by atoms with Gasteiger partial charge in [-0.1, -0.05) is 68.5 Å². The van der Waals surface area contributed by atoms with Gasteiger partial charge in [0.25, 0.3) is 0 Å². The maximum Gasteiger partial charge on any atom is 0.238 e. The lowest BCUT2D eigenvalue weighted by Gasteiger charge is -2.41. The molecule has 2 aliphatic carbocycles. The van der Waals surface area contributed by atoms with Gasteiger partial charge in [-0.3, -0.25) is 24.1 Å². The third-order valence-electron chi connectivity index (χ3n) is 8.66. The highest BCUT2D eigenvalue weighted by Crippen LogP contribution is 2.51. The summed E-state index contributed by atoms with van der Waals surface area (Å²) in [5, 5.41) is 0. The van der Waals surface area contributed by atoms with E-state index in [9.17, 15) is 24.0 Å². The zero-order chi connectivity index (χ0) is 28.4. The number of ketones is 1. The molecule has 0 radical (unpaired) electrons. The highest BCUT2D eigenvalue weighted by molar-refractivity contribution is 6.08. The molecule has 1 heterocycles. The Morgan fingerprint density at radius 1 is 1.10 bits per heavy atom. The van der Waals surface area contributed by atoms with Gasteiger partial charge in [-0.2, -0.15) is 0 Å². The van der Waals surface area contributed by atoms with Crippen molar-refractivity contribution in [3.05, 3.63) is 78.6 Å². The second kappa shape index (κ2) is 11.5. The topological polar surface area (TPSA) is 91.8 Å². The Balaban J connectivity index is 1.58. The molecule has 3 aliphatic rings. The molecule has 7 unspecified atom stereocenters. The van der Waals surface area contributed by atoms with Crippen LogP contribution in [0, 0.1) is 41.4 Å². The Bertz CT molecular complexity index is 1280. The van der Waals surface area contributed by atoms with Gasteiger partial charge in [0.05, 0.1) is 11.8 Å². The number of carbonyl (C=O) groups excluding carboxylic acids is 5. The maximum atomic E-state index is 13.7. The fourth-order valence-electron chi connectivity index (χ4n) is 6.58. The zero-order valence-corrected chi connectivity index (χ0v) is 22.9. The summed E-state index contributed by atoms with van der Waals surface area (Å²) in [5.41, 5.74) is 2.13. The summed E-state index contributed by atoms with van der Waals surface area (Å²) in [6.07, 6.45) is 9.78. The average molecular weight is 529 g/mol. The Kier molecular flexibility index (Phi) is 8.28. The van der Waals surface area contributed by atoms with E-state index in [4.69, 9.17) is 0 Å². The fourth-order valence-corrected chi connectivity index (χ4v) is 6.58. The number of hydrogen-bond acceptors (Lipinski definition) is 5. The Labute approximate surface area is 229 Å². The second-order valence-electron chi connectivity index (χ2n) is 10.8. The van der Waals surface area contributed by atoms with Gasteiger partial charge >= 0.3 is 0 Å². The first-order valence-corrected chi connectivity index (χ1v) is 13.5. The molecular weight excluding hydrogens is 492 g/mol. The number of likely N-dealkylation sites (tertiary alicyclic amines) is 1. The molecular formula is C32H36N2O5.